The summed E-state index contributed by atoms with van der Waals surface area (Å²) in [6.45, 7) is -1.80. The molecule has 0 aliphatic carbocycles. The topological polar surface area (TPSA) is 78.8 Å². The third kappa shape index (κ3) is 7.16. The van der Waals surface area contributed by atoms with Gasteiger partial charge in [0, 0.05) is 6.54 Å². The highest BCUT2D eigenvalue weighted by atomic mass is 19.3. The van der Waals surface area contributed by atoms with Crippen LogP contribution < -0.4 is 5.32 Å². The van der Waals surface area contributed by atoms with Crippen molar-refractivity contribution in [2.75, 3.05) is 19.8 Å². The van der Waals surface area contributed by atoms with Gasteiger partial charge in [-0.2, -0.15) is 8.78 Å². The maximum atomic E-state index is 11.6. The normalized spacial score (nSPS) is 11.0. The first-order chi connectivity index (χ1) is 5.45. The lowest BCUT2D eigenvalue weighted by molar-refractivity contribution is -0.221. The number of aliphatic hydroxyl groups is 2. The van der Waals surface area contributed by atoms with Crippen LogP contribution in [-0.4, -0.2) is 42.2 Å². The van der Waals surface area contributed by atoms with Gasteiger partial charge in [0.15, 0.2) is 6.61 Å². The van der Waals surface area contributed by atoms with Crippen molar-refractivity contribution >= 4 is 6.09 Å². The van der Waals surface area contributed by atoms with E-state index >= 15 is 0 Å². The molecule has 0 heterocycles. The molecule has 3 N–H and O–H groups in total. The fraction of sp³-hybridized carbons (Fsp3) is 0.800. The van der Waals surface area contributed by atoms with Crippen LogP contribution in [0.25, 0.3) is 0 Å². The number of hydrogen-bond acceptors (Lipinski definition) is 4. The zero-order valence-corrected chi connectivity index (χ0v) is 6.09. The van der Waals surface area contributed by atoms with E-state index in [0.717, 1.165) is 0 Å². The Kier molecular flexibility index (Phi) is 4.45. The lowest BCUT2D eigenvalue weighted by Gasteiger charge is -2.09. The molecule has 0 saturated heterocycles. The monoisotopic (exact) mass is 185 g/mol. The number of alkyl halides is 2. The molecule has 0 aromatic rings. The molecular formula is C5H9F2NO4. The smallest absolute Gasteiger partial charge is 0.407 e. The molecule has 0 aliphatic heterocycles. The first-order valence-electron chi connectivity index (χ1n) is 3.07. The average molecular weight is 185 g/mol. The second-order valence-corrected chi connectivity index (χ2v) is 1.89. The van der Waals surface area contributed by atoms with Crippen LogP contribution in [0.2, 0.25) is 0 Å². The predicted molar refractivity (Wildman–Crippen MR) is 33.6 cm³/mol. The van der Waals surface area contributed by atoms with Gasteiger partial charge >= 0.3 is 12.2 Å². The molecular weight excluding hydrogens is 176 g/mol. The molecule has 7 heteroatoms. The van der Waals surface area contributed by atoms with E-state index in [4.69, 9.17) is 10.2 Å². The molecule has 1 amide bonds. The molecule has 72 valence electrons. The summed E-state index contributed by atoms with van der Waals surface area (Å²) in [5.41, 5.74) is 0. The van der Waals surface area contributed by atoms with Gasteiger partial charge in [-0.15, -0.1) is 0 Å². The van der Waals surface area contributed by atoms with Crippen molar-refractivity contribution < 1.29 is 28.5 Å². The third-order valence-corrected chi connectivity index (χ3v) is 0.758. The standard InChI is InChI=1S/C5H9F2NO4/c6-5(7,11)3-12-4(10)8-1-2-9/h9,11H,1-3H2,(H,8,10). The van der Waals surface area contributed by atoms with Gasteiger partial charge in [0.2, 0.25) is 0 Å². The molecule has 0 spiro atoms. The summed E-state index contributed by atoms with van der Waals surface area (Å²) in [6.07, 6.45) is -5.13. The minimum absolute atomic E-state index is 0.0875. The fourth-order valence-corrected chi connectivity index (χ4v) is 0.361. The van der Waals surface area contributed by atoms with Crippen LogP contribution >= 0.6 is 0 Å². The second-order valence-electron chi connectivity index (χ2n) is 1.89. The van der Waals surface area contributed by atoms with E-state index in [2.05, 4.69) is 4.74 Å². The van der Waals surface area contributed by atoms with Crippen LogP contribution in [0.5, 0.6) is 0 Å². The van der Waals surface area contributed by atoms with Gasteiger partial charge in [0.1, 0.15) is 0 Å². The molecule has 12 heavy (non-hydrogen) atoms. The van der Waals surface area contributed by atoms with Crippen LogP contribution in [0.3, 0.4) is 0 Å². The quantitative estimate of drug-likeness (QED) is 0.540. The maximum Gasteiger partial charge on any atom is 0.407 e. The van der Waals surface area contributed by atoms with Gasteiger partial charge < -0.3 is 20.3 Å². The molecule has 0 aromatic heterocycles. The van der Waals surface area contributed by atoms with Crippen LogP contribution in [0.1, 0.15) is 0 Å². The van der Waals surface area contributed by atoms with Crippen LogP contribution in [0.15, 0.2) is 0 Å². The van der Waals surface area contributed by atoms with Crippen molar-refractivity contribution in [1.82, 2.24) is 5.32 Å². The van der Waals surface area contributed by atoms with E-state index in [1.165, 1.54) is 0 Å². The van der Waals surface area contributed by atoms with Crippen molar-refractivity contribution in [3.8, 4) is 0 Å². The number of hydrogen-bond donors (Lipinski definition) is 3. The van der Waals surface area contributed by atoms with Crippen molar-refractivity contribution in [3.63, 3.8) is 0 Å². The SMILES string of the molecule is O=C(NCCO)OCC(O)(F)F. The molecule has 0 radical (unpaired) electrons. The highest BCUT2D eigenvalue weighted by molar-refractivity contribution is 5.67. The Hall–Kier alpha value is -0.950. The van der Waals surface area contributed by atoms with Gasteiger partial charge in [-0.25, -0.2) is 4.79 Å². The molecule has 0 aliphatic rings. The summed E-state index contributed by atoms with van der Waals surface area (Å²) in [5, 5.41) is 17.9. The second kappa shape index (κ2) is 4.83. The Balaban J connectivity index is 3.44. The highest BCUT2D eigenvalue weighted by Gasteiger charge is 2.26. The van der Waals surface area contributed by atoms with E-state index in [9.17, 15) is 13.6 Å². The average Bonchev–Trinajstić information content (AvgIpc) is 1.95. The number of halogens is 2. The van der Waals surface area contributed by atoms with Gasteiger partial charge in [-0.05, 0) is 0 Å². The number of alkyl carbamates (subject to hydrolysis) is 1. The molecule has 0 unspecified atom stereocenters. The van der Waals surface area contributed by atoms with Crippen LogP contribution in [-0.2, 0) is 4.74 Å². The Bertz CT molecular complexity index is 147. The van der Waals surface area contributed by atoms with Crippen LogP contribution in [0, 0.1) is 0 Å². The van der Waals surface area contributed by atoms with E-state index in [1.807, 2.05) is 5.32 Å². The first-order valence-corrected chi connectivity index (χ1v) is 3.07. The summed E-state index contributed by atoms with van der Waals surface area (Å²) in [6, 6.07) is 0. The van der Waals surface area contributed by atoms with E-state index in [0.29, 0.717) is 0 Å². The number of amides is 1. The highest BCUT2D eigenvalue weighted by Crippen LogP contribution is 2.07. The summed E-state index contributed by atoms with van der Waals surface area (Å²) in [4.78, 5) is 10.4. The number of rotatable bonds is 4. The first kappa shape index (κ1) is 11.1. The van der Waals surface area contributed by atoms with Gasteiger partial charge in [-0.1, -0.05) is 0 Å². The Morgan fingerprint density at radius 1 is 1.58 bits per heavy atom. The minimum Gasteiger partial charge on any atom is -0.440 e. The summed E-state index contributed by atoms with van der Waals surface area (Å²) >= 11 is 0. The maximum absolute atomic E-state index is 11.6. The molecule has 0 atom stereocenters. The van der Waals surface area contributed by atoms with Crippen molar-refractivity contribution in [2.24, 2.45) is 0 Å². The van der Waals surface area contributed by atoms with Crippen molar-refractivity contribution in [3.05, 3.63) is 0 Å². The minimum atomic E-state index is -4.02. The summed E-state index contributed by atoms with van der Waals surface area (Å²) < 4.78 is 27.1. The van der Waals surface area contributed by atoms with E-state index in [1.54, 1.807) is 0 Å². The van der Waals surface area contributed by atoms with Gasteiger partial charge in [0.05, 0.1) is 6.61 Å². The Morgan fingerprint density at radius 2 is 2.17 bits per heavy atom. The fourth-order valence-electron chi connectivity index (χ4n) is 0.361. The predicted octanol–water partition coefficient (Wildman–Crippen LogP) is -0.710. The number of carbonyl (C=O) groups is 1. The number of ether oxygens (including phenoxy) is 1. The van der Waals surface area contributed by atoms with Crippen LogP contribution in [0.4, 0.5) is 13.6 Å². The van der Waals surface area contributed by atoms with Crippen molar-refractivity contribution in [1.29, 1.82) is 0 Å². The summed E-state index contributed by atoms with van der Waals surface area (Å²) in [7, 11) is 0. The van der Waals surface area contributed by atoms with Crippen molar-refractivity contribution in [2.45, 2.75) is 6.11 Å². The molecule has 0 saturated carbocycles. The Morgan fingerprint density at radius 3 is 2.58 bits per heavy atom. The molecule has 0 aromatic carbocycles. The Labute approximate surface area is 66.9 Å². The van der Waals surface area contributed by atoms with E-state index in [-0.39, 0.29) is 13.2 Å². The van der Waals surface area contributed by atoms with E-state index < -0.39 is 18.8 Å². The zero-order valence-electron chi connectivity index (χ0n) is 6.09. The number of carbonyl (C=O) groups excluding carboxylic acids is 1. The molecule has 5 nitrogen and oxygen atoms in total. The molecule has 0 rings (SSSR count). The molecule has 0 fully saturated rings. The largest absolute Gasteiger partial charge is 0.440 e. The van der Waals surface area contributed by atoms with Gasteiger partial charge in [-0.3, -0.25) is 0 Å². The van der Waals surface area contributed by atoms with Gasteiger partial charge in [0.25, 0.3) is 0 Å². The lowest BCUT2D eigenvalue weighted by atomic mass is 10.7. The lowest BCUT2D eigenvalue weighted by Crippen LogP contribution is -2.32. The number of aliphatic hydroxyl groups excluding tert-OH is 1. The zero-order chi connectivity index (χ0) is 9.61. The third-order valence-electron chi connectivity index (χ3n) is 0.758. The molecule has 0 bridgehead atoms. The number of nitrogens with one attached hydrogen (secondary N) is 1. The summed E-state index contributed by atoms with van der Waals surface area (Å²) in [5.74, 6) is 0.